The Morgan fingerprint density at radius 1 is 1.00 bits per heavy atom. The number of hydrogen-bond donors (Lipinski definition) is 4. The second-order valence-corrected chi connectivity index (χ2v) is 7.68. The molecule has 26 heavy (non-hydrogen) atoms. The van der Waals surface area contributed by atoms with Crippen molar-refractivity contribution in [3.63, 3.8) is 0 Å². The average Bonchev–Trinajstić information content (AvgIpc) is 2.37. The van der Waals surface area contributed by atoms with Crippen LogP contribution in [0.25, 0.3) is 0 Å². The molecule has 0 bridgehead atoms. The molecule has 154 valence electrons. The van der Waals surface area contributed by atoms with Gasteiger partial charge < -0.3 is 30.9 Å². The molecule has 0 unspecified atom stereocenters. The lowest BCUT2D eigenvalue weighted by Gasteiger charge is -2.25. The van der Waals surface area contributed by atoms with Gasteiger partial charge in [0.1, 0.15) is 11.2 Å². The molecule has 2 amide bonds. The van der Waals surface area contributed by atoms with Crippen LogP contribution in [-0.2, 0) is 14.3 Å². The van der Waals surface area contributed by atoms with Gasteiger partial charge in [0, 0.05) is 19.5 Å². The Kier molecular flexibility index (Phi) is 12.4. The number of amides is 2. The van der Waals surface area contributed by atoms with E-state index in [4.69, 9.17) is 25.1 Å². The van der Waals surface area contributed by atoms with Crippen LogP contribution in [0.5, 0.6) is 0 Å². The molecule has 1 atom stereocenters. The molecule has 9 heteroatoms. The second kappa shape index (κ2) is 12.3. The molecule has 0 aromatic carbocycles. The quantitative estimate of drug-likeness (QED) is 0.556. The topological polar surface area (TPSA) is 140 Å². The van der Waals surface area contributed by atoms with E-state index in [-0.39, 0.29) is 12.6 Å². The number of nitrogens with one attached hydrogen (secondary N) is 2. The maximum atomic E-state index is 11.8. The smallest absolute Gasteiger partial charge is 0.407 e. The van der Waals surface area contributed by atoms with Gasteiger partial charge in [-0.1, -0.05) is 0 Å². The Balaban J connectivity index is 0. The largest absolute Gasteiger partial charge is 0.481 e. The Morgan fingerprint density at radius 3 is 1.81 bits per heavy atom. The normalized spacial score (nSPS) is 12.2. The van der Waals surface area contributed by atoms with Crippen molar-refractivity contribution in [2.24, 2.45) is 5.73 Å². The van der Waals surface area contributed by atoms with Crippen molar-refractivity contribution in [2.75, 3.05) is 13.1 Å². The summed E-state index contributed by atoms with van der Waals surface area (Å²) in [5.74, 6) is -0.833. The van der Waals surface area contributed by atoms with Crippen LogP contribution in [0, 0.1) is 0 Å². The lowest BCUT2D eigenvalue weighted by molar-refractivity contribution is -0.134. The van der Waals surface area contributed by atoms with Gasteiger partial charge in [-0.2, -0.15) is 0 Å². The Morgan fingerprint density at radius 2 is 1.42 bits per heavy atom. The number of carboxylic acid groups (broad SMARTS) is 1. The number of ether oxygens (including phenoxy) is 2. The van der Waals surface area contributed by atoms with Gasteiger partial charge in [-0.25, -0.2) is 9.59 Å². The summed E-state index contributed by atoms with van der Waals surface area (Å²) in [7, 11) is 0. The number of hydrogen-bond acceptors (Lipinski definition) is 6. The molecule has 0 aromatic heterocycles. The number of rotatable bonds is 6. The number of aliphatic carboxylic acids is 1. The first kappa shape index (κ1) is 26.2. The van der Waals surface area contributed by atoms with Gasteiger partial charge in [-0.05, 0) is 60.9 Å². The molecular weight excluding hydrogens is 342 g/mol. The van der Waals surface area contributed by atoms with Crippen molar-refractivity contribution in [1.29, 1.82) is 0 Å². The monoisotopic (exact) mass is 377 g/mol. The van der Waals surface area contributed by atoms with E-state index in [0.717, 1.165) is 13.3 Å². The van der Waals surface area contributed by atoms with Crippen LogP contribution in [0.3, 0.4) is 0 Å². The Hall–Kier alpha value is -2.03. The van der Waals surface area contributed by atoms with Crippen molar-refractivity contribution in [1.82, 2.24) is 10.6 Å². The molecule has 0 aliphatic heterocycles. The first-order valence-electron chi connectivity index (χ1n) is 8.52. The van der Waals surface area contributed by atoms with Crippen LogP contribution in [0.4, 0.5) is 9.59 Å². The second-order valence-electron chi connectivity index (χ2n) is 7.68. The molecule has 0 radical (unpaired) electrons. The van der Waals surface area contributed by atoms with E-state index in [1.165, 1.54) is 0 Å². The Labute approximate surface area is 156 Å². The highest BCUT2D eigenvalue weighted by molar-refractivity contribution is 5.69. The van der Waals surface area contributed by atoms with Crippen LogP contribution in [0.1, 0.15) is 61.3 Å². The third kappa shape index (κ3) is 22.0. The fourth-order valence-corrected chi connectivity index (χ4v) is 1.58. The summed E-state index contributed by atoms with van der Waals surface area (Å²) in [5.41, 5.74) is 4.36. The predicted octanol–water partition coefficient (Wildman–Crippen LogP) is 2.23. The van der Waals surface area contributed by atoms with Gasteiger partial charge in [0.05, 0.1) is 0 Å². The number of carbonyl (C=O) groups excluding carboxylic acids is 2. The number of carboxylic acids is 1. The van der Waals surface area contributed by atoms with Crippen LogP contribution < -0.4 is 16.4 Å². The number of alkyl carbamates (subject to hydrolysis) is 2. The molecule has 0 aliphatic carbocycles. The van der Waals surface area contributed by atoms with Crippen molar-refractivity contribution < 1.29 is 29.0 Å². The molecule has 0 spiro atoms. The molecule has 0 heterocycles. The van der Waals surface area contributed by atoms with Gasteiger partial charge in [0.2, 0.25) is 0 Å². The fraction of sp³-hybridized carbons (Fsp3) is 0.824. The molecular formula is C17H35N3O6. The molecule has 0 saturated heterocycles. The summed E-state index contributed by atoms with van der Waals surface area (Å²) >= 11 is 0. The first-order chi connectivity index (χ1) is 11.7. The molecule has 0 fully saturated rings. The number of nitrogens with two attached hydrogens (primary N) is 1. The lowest BCUT2D eigenvalue weighted by atomic mass is 10.1. The van der Waals surface area contributed by atoms with Gasteiger partial charge in [0.15, 0.2) is 0 Å². The van der Waals surface area contributed by atoms with E-state index >= 15 is 0 Å². The van der Waals surface area contributed by atoms with Gasteiger partial charge >= 0.3 is 12.2 Å². The highest BCUT2D eigenvalue weighted by Crippen LogP contribution is 2.08. The standard InChI is InChI=1S/C15H31N3O4.C2H4O2/c1-14(2,3)21-12(19)17-10-11(8-7-9-16)18-13(20)22-15(4,5)6;1-2(3)4/h11H,7-10,16H2,1-6H3,(H,17,19)(H,18,20);1H3,(H,3,4)/t11-;/m0./s1. The van der Waals surface area contributed by atoms with Gasteiger partial charge in [-0.3, -0.25) is 4.79 Å². The third-order valence-electron chi connectivity index (χ3n) is 2.37. The molecule has 9 nitrogen and oxygen atoms in total. The van der Waals surface area contributed by atoms with E-state index in [1.807, 2.05) is 0 Å². The summed E-state index contributed by atoms with van der Waals surface area (Å²) in [6.07, 6.45) is 0.346. The lowest BCUT2D eigenvalue weighted by Crippen LogP contribution is -2.46. The van der Waals surface area contributed by atoms with Crippen LogP contribution in [0.15, 0.2) is 0 Å². The SMILES string of the molecule is CC(=O)O.CC(C)(C)OC(=O)NC[C@H](CCCN)NC(=O)OC(C)(C)C. The maximum absolute atomic E-state index is 11.8. The summed E-state index contributed by atoms with van der Waals surface area (Å²) < 4.78 is 10.4. The zero-order valence-electron chi connectivity index (χ0n) is 17.0. The van der Waals surface area contributed by atoms with E-state index < -0.39 is 29.4 Å². The van der Waals surface area contributed by atoms with E-state index in [1.54, 1.807) is 41.5 Å². The minimum absolute atomic E-state index is 0.258. The highest BCUT2D eigenvalue weighted by Gasteiger charge is 2.21. The molecule has 0 rings (SSSR count). The molecule has 0 aromatic rings. The summed E-state index contributed by atoms with van der Waals surface area (Å²) in [4.78, 5) is 32.4. The minimum Gasteiger partial charge on any atom is -0.481 e. The summed E-state index contributed by atoms with van der Waals surface area (Å²) in [6, 6.07) is -0.258. The summed E-state index contributed by atoms with van der Waals surface area (Å²) in [5, 5.41) is 12.8. The number of carbonyl (C=O) groups is 3. The van der Waals surface area contributed by atoms with E-state index in [0.29, 0.717) is 13.0 Å². The van der Waals surface area contributed by atoms with Crippen molar-refractivity contribution in [3.8, 4) is 0 Å². The van der Waals surface area contributed by atoms with E-state index in [2.05, 4.69) is 10.6 Å². The fourth-order valence-electron chi connectivity index (χ4n) is 1.58. The van der Waals surface area contributed by atoms with E-state index in [9.17, 15) is 9.59 Å². The third-order valence-corrected chi connectivity index (χ3v) is 2.37. The van der Waals surface area contributed by atoms with Crippen molar-refractivity contribution >= 4 is 18.2 Å². The van der Waals surface area contributed by atoms with Crippen LogP contribution in [-0.4, -0.2) is 53.6 Å². The summed E-state index contributed by atoms with van der Waals surface area (Å²) in [6.45, 7) is 12.6. The Bertz CT molecular complexity index is 437. The highest BCUT2D eigenvalue weighted by atomic mass is 16.6. The van der Waals surface area contributed by atoms with Crippen molar-refractivity contribution in [2.45, 2.75) is 78.6 Å². The van der Waals surface area contributed by atoms with Crippen molar-refractivity contribution in [3.05, 3.63) is 0 Å². The zero-order valence-corrected chi connectivity index (χ0v) is 17.0. The maximum Gasteiger partial charge on any atom is 0.407 e. The first-order valence-corrected chi connectivity index (χ1v) is 8.52. The van der Waals surface area contributed by atoms with Gasteiger partial charge in [0.25, 0.3) is 5.97 Å². The minimum atomic E-state index is -0.833. The molecule has 0 saturated carbocycles. The zero-order chi connectivity index (χ0) is 21.0. The van der Waals surface area contributed by atoms with Crippen LogP contribution >= 0.6 is 0 Å². The molecule has 5 N–H and O–H groups in total. The van der Waals surface area contributed by atoms with Gasteiger partial charge in [-0.15, -0.1) is 0 Å². The predicted molar refractivity (Wildman–Crippen MR) is 99.0 cm³/mol. The van der Waals surface area contributed by atoms with Crippen LogP contribution in [0.2, 0.25) is 0 Å². The molecule has 0 aliphatic rings. The average molecular weight is 377 g/mol.